The zero-order valence-corrected chi connectivity index (χ0v) is 10.2. The highest BCUT2D eigenvalue weighted by atomic mass is 19.1. The Labute approximate surface area is 110 Å². The van der Waals surface area contributed by atoms with E-state index in [1.807, 2.05) is 0 Å². The molecule has 0 radical (unpaired) electrons. The van der Waals surface area contributed by atoms with E-state index in [1.165, 1.54) is 12.1 Å². The molecule has 2 rings (SSSR count). The third-order valence-corrected chi connectivity index (χ3v) is 2.57. The Balaban J connectivity index is 1.94. The van der Waals surface area contributed by atoms with Crippen LogP contribution in [0.2, 0.25) is 0 Å². The van der Waals surface area contributed by atoms with Gasteiger partial charge in [-0.15, -0.1) is 0 Å². The van der Waals surface area contributed by atoms with Crippen molar-refractivity contribution in [2.24, 2.45) is 0 Å². The summed E-state index contributed by atoms with van der Waals surface area (Å²) in [5.41, 5.74) is 1.46. The normalized spacial score (nSPS) is 10.2. The van der Waals surface area contributed by atoms with E-state index in [0.717, 1.165) is 5.56 Å². The first-order valence-electron chi connectivity index (χ1n) is 5.81. The van der Waals surface area contributed by atoms with E-state index in [4.69, 9.17) is 9.84 Å². The molecule has 0 saturated carbocycles. The van der Waals surface area contributed by atoms with Crippen molar-refractivity contribution >= 4 is 5.97 Å². The molecule has 0 aromatic heterocycles. The number of hydrogen-bond acceptors (Lipinski definition) is 2. The van der Waals surface area contributed by atoms with E-state index in [0.29, 0.717) is 11.3 Å². The quantitative estimate of drug-likeness (QED) is 0.898. The van der Waals surface area contributed by atoms with Gasteiger partial charge < -0.3 is 9.84 Å². The van der Waals surface area contributed by atoms with Gasteiger partial charge in [0.25, 0.3) is 0 Å². The minimum atomic E-state index is -0.867. The topological polar surface area (TPSA) is 46.5 Å². The van der Waals surface area contributed by atoms with Crippen LogP contribution in [0, 0.1) is 5.82 Å². The Kier molecular flexibility index (Phi) is 4.13. The van der Waals surface area contributed by atoms with Crippen LogP contribution in [0.15, 0.2) is 48.5 Å². The van der Waals surface area contributed by atoms with Crippen molar-refractivity contribution < 1.29 is 19.0 Å². The van der Waals surface area contributed by atoms with Crippen LogP contribution in [-0.4, -0.2) is 11.1 Å². The zero-order valence-electron chi connectivity index (χ0n) is 10.2. The molecule has 0 aliphatic rings. The van der Waals surface area contributed by atoms with Gasteiger partial charge in [0, 0.05) is 0 Å². The lowest BCUT2D eigenvalue weighted by Gasteiger charge is -2.07. The van der Waals surface area contributed by atoms with E-state index < -0.39 is 5.97 Å². The van der Waals surface area contributed by atoms with Crippen LogP contribution >= 0.6 is 0 Å². The van der Waals surface area contributed by atoms with Gasteiger partial charge in [0.1, 0.15) is 18.2 Å². The third-order valence-electron chi connectivity index (χ3n) is 2.57. The predicted molar refractivity (Wildman–Crippen MR) is 68.5 cm³/mol. The van der Waals surface area contributed by atoms with Crippen LogP contribution in [0.5, 0.6) is 5.75 Å². The molecule has 0 spiro atoms. The molecule has 3 nitrogen and oxygen atoms in total. The molecule has 0 unspecified atom stereocenters. The molecule has 0 aliphatic carbocycles. The number of carboxylic acid groups (broad SMARTS) is 1. The summed E-state index contributed by atoms with van der Waals surface area (Å²) in [6, 6.07) is 13.0. The first kappa shape index (κ1) is 13.1. The molecule has 2 aromatic rings. The Morgan fingerprint density at radius 2 is 1.84 bits per heavy atom. The Hall–Kier alpha value is -2.36. The van der Waals surface area contributed by atoms with Gasteiger partial charge in [-0.05, 0) is 35.4 Å². The number of halogens is 1. The molecule has 0 bridgehead atoms. The zero-order chi connectivity index (χ0) is 13.7. The van der Waals surface area contributed by atoms with Crippen LogP contribution in [0.1, 0.15) is 11.1 Å². The lowest BCUT2D eigenvalue weighted by molar-refractivity contribution is -0.136. The summed E-state index contributed by atoms with van der Waals surface area (Å²) in [5, 5.41) is 8.65. The molecule has 0 aliphatic heterocycles. The van der Waals surface area contributed by atoms with Gasteiger partial charge in [0.2, 0.25) is 0 Å². The highest BCUT2D eigenvalue weighted by Gasteiger charge is 2.01. The molecule has 2 aromatic carbocycles. The van der Waals surface area contributed by atoms with Crippen molar-refractivity contribution in [2.45, 2.75) is 13.0 Å². The second kappa shape index (κ2) is 6.00. The van der Waals surface area contributed by atoms with E-state index in [2.05, 4.69) is 0 Å². The van der Waals surface area contributed by atoms with E-state index in [9.17, 15) is 9.18 Å². The third kappa shape index (κ3) is 4.10. The Bertz CT molecular complexity index is 564. The first-order chi connectivity index (χ1) is 9.13. The SMILES string of the molecule is O=C(O)Cc1ccc(OCc2cccc(F)c2)cc1. The molecule has 19 heavy (non-hydrogen) atoms. The summed E-state index contributed by atoms with van der Waals surface area (Å²) < 4.78 is 18.4. The minimum Gasteiger partial charge on any atom is -0.489 e. The molecule has 0 heterocycles. The Morgan fingerprint density at radius 1 is 1.11 bits per heavy atom. The van der Waals surface area contributed by atoms with Gasteiger partial charge in [0.05, 0.1) is 6.42 Å². The average Bonchev–Trinajstić information content (AvgIpc) is 2.37. The lowest BCUT2D eigenvalue weighted by atomic mass is 10.1. The van der Waals surface area contributed by atoms with Crippen LogP contribution < -0.4 is 4.74 Å². The molecular weight excluding hydrogens is 247 g/mol. The number of ether oxygens (including phenoxy) is 1. The van der Waals surface area contributed by atoms with Gasteiger partial charge >= 0.3 is 5.97 Å². The van der Waals surface area contributed by atoms with Crippen molar-refractivity contribution in [3.8, 4) is 5.75 Å². The number of aliphatic carboxylic acids is 1. The summed E-state index contributed by atoms with van der Waals surface area (Å²) in [6.07, 6.45) is -0.00975. The first-order valence-corrected chi connectivity index (χ1v) is 5.81. The fourth-order valence-corrected chi connectivity index (χ4v) is 1.67. The minimum absolute atomic E-state index is 0.00975. The highest BCUT2D eigenvalue weighted by Crippen LogP contribution is 2.15. The van der Waals surface area contributed by atoms with E-state index in [1.54, 1.807) is 36.4 Å². The molecule has 4 heteroatoms. The maximum atomic E-state index is 13.0. The standard InChI is InChI=1S/C15H13FO3/c16-13-3-1-2-12(8-13)10-19-14-6-4-11(5-7-14)9-15(17)18/h1-8H,9-10H2,(H,17,18). The fourth-order valence-electron chi connectivity index (χ4n) is 1.67. The van der Waals surface area contributed by atoms with Crippen molar-refractivity contribution in [3.05, 3.63) is 65.5 Å². The van der Waals surface area contributed by atoms with Crippen LogP contribution in [-0.2, 0) is 17.8 Å². The summed E-state index contributed by atoms with van der Waals surface area (Å²) >= 11 is 0. The van der Waals surface area contributed by atoms with E-state index in [-0.39, 0.29) is 18.8 Å². The highest BCUT2D eigenvalue weighted by molar-refractivity contribution is 5.70. The molecule has 0 atom stereocenters. The largest absolute Gasteiger partial charge is 0.489 e. The van der Waals surface area contributed by atoms with Crippen molar-refractivity contribution in [2.75, 3.05) is 0 Å². The molecule has 1 N–H and O–H groups in total. The number of rotatable bonds is 5. The van der Waals surface area contributed by atoms with Gasteiger partial charge in [-0.1, -0.05) is 24.3 Å². The number of carbonyl (C=O) groups is 1. The summed E-state index contributed by atoms with van der Waals surface area (Å²) in [5.74, 6) is -0.537. The summed E-state index contributed by atoms with van der Waals surface area (Å²) in [4.78, 5) is 10.5. The average molecular weight is 260 g/mol. The fraction of sp³-hybridized carbons (Fsp3) is 0.133. The second-order valence-corrected chi connectivity index (χ2v) is 4.13. The van der Waals surface area contributed by atoms with E-state index >= 15 is 0 Å². The van der Waals surface area contributed by atoms with Crippen LogP contribution in [0.25, 0.3) is 0 Å². The smallest absolute Gasteiger partial charge is 0.307 e. The number of benzene rings is 2. The second-order valence-electron chi connectivity index (χ2n) is 4.13. The van der Waals surface area contributed by atoms with Gasteiger partial charge in [-0.2, -0.15) is 0 Å². The van der Waals surface area contributed by atoms with Crippen molar-refractivity contribution in [1.29, 1.82) is 0 Å². The molecule has 98 valence electrons. The van der Waals surface area contributed by atoms with Crippen molar-refractivity contribution in [1.82, 2.24) is 0 Å². The molecule has 0 fully saturated rings. The summed E-state index contributed by atoms with van der Waals surface area (Å²) in [7, 11) is 0. The molecule has 0 amide bonds. The predicted octanol–water partition coefficient (Wildman–Crippen LogP) is 3.03. The van der Waals surface area contributed by atoms with Crippen LogP contribution in [0.3, 0.4) is 0 Å². The lowest BCUT2D eigenvalue weighted by Crippen LogP contribution is -2.00. The monoisotopic (exact) mass is 260 g/mol. The maximum Gasteiger partial charge on any atom is 0.307 e. The van der Waals surface area contributed by atoms with Crippen LogP contribution in [0.4, 0.5) is 4.39 Å². The molecule has 0 saturated heterocycles. The van der Waals surface area contributed by atoms with Crippen molar-refractivity contribution in [3.63, 3.8) is 0 Å². The summed E-state index contributed by atoms with van der Waals surface area (Å²) in [6.45, 7) is 0.274. The van der Waals surface area contributed by atoms with Gasteiger partial charge in [-0.25, -0.2) is 4.39 Å². The molecular formula is C15H13FO3. The van der Waals surface area contributed by atoms with Gasteiger partial charge in [0.15, 0.2) is 0 Å². The Morgan fingerprint density at radius 3 is 2.47 bits per heavy atom. The number of carboxylic acids is 1. The maximum absolute atomic E-state index is 13.0. The number of hydrogen-bond donors (Lipinski definition) is 1. The van der Waals surface area contributed by atoms with Gasteiger partial charge in [-0.3, -0.25) is 4.79 Å².